The minimum atomic E-state index is 0.203. The van der Waals surface area contributed by atoms with Crippen molar-refractivity contribution in [2.75, 3.05) is 13.2 Å². The molecule has 3 heteroatoms. The summed E-state index contributed by atoms with van der Waals surface area (Å²) in [4.78, 5) is 3.44. The summed E-state index contributed by atoms with van der Waals surface area (Å²) in [5.74, 6) is 0. The highest BCUT2D eigenvalue weighted by Crippen LogP contribution is 2.27. The molecule has 0 saturated heterocycles. The topological polar surface area (TPSA) is 45.2 Å². The van der Waals surface area contributed by atoms with Crippen LogP contribution < -0.4 is 0 Å². The molecule has 3 nitrogen and oxygen atoms in total. The largest absolute Gasteiger partial charge is 0.396 e. The van der Waals surface area contributed by atoms with Crippen molar-refractivity contribution in [3.8, 4) is 0 Å². The van der Waals surface area contributed by atoms with Gasteiger partial charge in [0, 0.05) is 35.2 Å². The first-order chi connectivity index (χ1) is 7.88. The lowest BCUT2D eigenvalue weighted by molar-refractivity contribution is 0.111. The number of rotatable bonds is 2. The summed E-state index contributed by atoms with van der Waals surface area (Å²) in [6, 6.07) is 6.33. The quantitative estimate of drug-likeness (QED) is 0.805. The van der Waals surface area contributed by atoms with Crippen molar-refractivity contribution >= 4 is 10.9 Å². The van der Waals surface area contributed by atoms with Crippen LogP contribution >= 0.6 is 0 Å². The SMILES string of the molecule is OCCc1ccc2[nH]c3c(c2c1)COCC3. The lowest BCUT2D eigenvalue weighted by Gasteiger charge is -2.11. The van der Waals surface area contributed by atoms with Gasteiger partial charge in [0.25, 0.3) is 0 Å². The Morgan fingerprint density at radius 3 is 3.19 bits per heavy atom. The molecule has 0 fully saturated rings. The number of H-pyrrole nitrogens is 1. The van der Waals surface area contributed by atoms with Gasteiger partial charge >= 0.3 is 0 Å². The Balaban J connectivity index is 2.13. The highest BCUT2D eigenvalue weighted by Gasteiger charge is 2.15. The molecule has 0 amide bonds. The molecule has 0 saturated carbocycles. The van der Waals surface area contributed by atoms with Gasteiger partial charge in [-0.15, -0.1) is 0 Å². The van der Waals surface area contributed by atoms with Crippen molar-refractivity contribution in [2.24, 2.45) is 0 Å². The summed E-state index contributed by atoms with van der Waals surface area (Å²) in [6.45, 7) is 1.72. The summed E-state index contributed by atoms with van der Waals surface area (Å²) in [7, 11) is 0. The Bertz CT molecular complexity index is 516. The molecule has 2 N–H and O–H groups in total. The molecule has 2 aromatic rings. The van der Waals surface area contributed by atoms with E-state index in [0.29, 0.717) is 6.61 Å². The van der Waals surface area contributed by atoms with E-state index in [2.05, 4.69) is 23.2 Å². The second kappa shape index (κ2) is 3.92. The van der Waals surface area contributed by atoms with Crippen LogP contribution in [0.4, 0.5) is 0 Å². The van der Waals surface area contributed by atoms with Crippen LogP contribution in [0, 0.1) is 0 Å². The molecule has 0 spiro atoms. The molecular formula is C13H15NO2. The van der Waals surface area contributed by atoms with Gasteiger partial charge < -0.3 is 14.8 Å². The monoisotopic (exact) mass is 217 g/mol. The van der Waals surface area contributed by atoms with E-state index < -0.39 is 0 Å². The van der Waals surface area contributed by atoms with E-state index in [1.165, 1.54) is 27.7 Å². The van der Waals surface area contributed by atoms with E-state index >= 15 is 0 Å². The maximum absolute atomic E-state index is 8.95. The fourth-order valence-electron chi connectivity index (χ4n) is 2.36. The smallest absolute Gasteiger partial charge is 0.0740 e. The predicted octanol–water partition coefficient (Wildman–Crippen LogP) is 1.78. The van der Waals surface area contributed by atoms with Gasteiger partial charge in [0.1, 0.15) is 0 Å². The third kappa shape index (κ3) is 1.52. The number of aromatic amines is 1. The van der Waals surface area contributed by atoms with Crippen molar-refractivity contribution in [1.82, 2.24) is 4.98 Å². The second-order valence-electron chi connectivity index (χ2n) is 4.24. The molecule has 0 unspecified atom stereocenters. The summed E-state index contributed by atoms with van der Waals surface area (Å²) in [5.41, 5.74) is 4.96. The first kappa shape index (κ1) is 9.87. The molecular weight excluding hydrogens is 202 g/mol. The Hall–Kier alpha value is -1.32. The molecule has 0 aliphatic carbocycles. The van der Waals surface area contributed by atoms with Crippen LogP contribution in [0.25, 0.3) is 10.9 Å². The van der Waals surface area contributed by atoms with Crippen LogP contribution in [0.1, 0.15) is 16.8 Å². The third-order valence-electron chi connectivity index (χ3n) is 3.20. The molecule has 1 aromatic heterocycles. The van der Waals surface area contributed by atoms with Gasteiger partial charge in [-0.25, -0.2) is 0 Å². The molecule has 1 aliphatic rings. The minimum absolute atomic E-state index is 0.203. The molecule has 0 atom stereocenters. The Morgan fingerprint density at radius 2 is 2.31 bits per heavy atom. The van der Waals surface area contributed by atoms with Crippen molar-refractivity contribution < 1.29 is 9.84 Å². The molecule has 0 bridgehead atoms. The molecule has 16 heavy (non-hydrogen) atoms. The van der Waals surface area contributed by atoms with Crippen molar-refractivity contribution in [2.45, 2.75) is 19.4 Å². The Labute approximate surface area is 94.0 Å². The molecule has 1 aliphatic heterocycles. The summed E-state index contributed by atoms with van der Waals surface area (Å²) >= 11 is 0. The van der Waals surface area contributed by atoms with Gasteiger partial charge in [0.05, 0.1) is 13.2 Å². The van der Waals surface area contributed by atoms with Crippen LogP contribution in [-0.4, -0.2) is 23.3 Å². The fraction of sp³-hybridized carbons (Fsp3) is 0.385. The molecule has 3 rings (SSSR count). The molecule has 2 heterocycles. The van der Waals surface area contributed by atoms with Crippen LogP contribution in [0.5, 0.6) is 0 Å². The van der Waals surface area contributed by atoms with Crippen molar-refractivity contribution in [1.29, 1.82) is 0 Å². The number of aliphatic hydroxyl groups excluding tert-OH is 1. The number of aliphatic hydroxyl groups is 1. The van der Waals surface area contributed by atoms with E-state index in [1.54, 1.807) is 0 Å². The van der Waals surface area contributed by atoms with E-state index in [1.807, 2.05) is 0 Å². The molecule has 1 aromatic carbocycles. The fourth-order valence-corrected chi connectivity index (χ4v) is 2.36. The first-order valence-corrected chi connectivity index (χ1v) is 5.69. The lowest BCUT2D eigenvalue weighted by Crippen LogP contribution is -2.08. The minimum Gasteiger partial charge on any atom is -0.396 e. The summed E-state index contributed by atoms with van der Waals surface area (Å²) in [6.07, 6.45) is 1.69. The standard InChI is InChI=1S/C13H15NO2/c15-5-3-9-1-2-12-10(7-9)11-8-16-6-4-13(11)14-12/h1-2,7,14-15H,3-6,8H2. The Kier molecular flexibility index (Phi) is 2.42. The summed E-state index contributed by atoms with van der Waals surface area (Å²) in [5, 5.41) is 10.2. The van der Waals surface area contributed by atoms with E-state index in [0.717, 1.165) is 19.4 Å². The zero-order valence-corrected chi connectivity index (χ0v) is 9.12. The molecule has 84 valence electrons. The second-order valence-corrected chi connectivity index (χ2v) is 4.24. The van der Waals surface area contributed by atoms with Crippen LogP contribution in [0.3, 0.4) is 0 Å². The van der Waals surface area contributed by atoms with E-state index in [4.69, 9.17) is 9.84 Å². The number of benzene rings is 1. The average molecular weight is 217 g/mol. The van der Waals surface area contributed by atoms with Gasteiger partial charge in [-0.2, -0.15) is 0 Å². The Morgan fingerprint density at radius 1 is 1.38 bits per heavy atom. The first-order valence-electron chi connectivity index (χ1n) is 5.69. The number of nitrogens with one attached hydrogen (secondary N) is 1. The van der Waals surface area contributed by atoms with Gasteiger partial charge in [-0.05, 0) is 24.1 Å². The van der Waals surface area contributed by atoms with Crippen LogP contribution in [-0.2, 0) is 24.2 Å². The highest BCUT2D eigenvalue weighted by molar-refractivity contribution is 5.85. The molecule has 0 radical (unpaired) electrons. The van der Waals surface area contributed by atoms with E-state index in [-0.39, 0.29) is 6.61 Å². The maximum atomic E-state index is 8.95. The lowest BCUT2D eigenvalue weighted by atomic mass is 10.0. The van der Waals surface area contributed by atoms with Gasteiger partial charge in [0.15, 0.2) is 0 Å². The summed E-state index contributed by atoms with van der Waals surface area (Å²) < 4.78 is 5.49. The van der Waals surface area contributed by atoms with Crippen molar-refractivity contribution in [3.05, 3.63) is 35.0 Å². The number of ether oxygens (including phenoxy) is 1. The number of fused-ring (bicyclic) bond motifs is 3. The predicted molar refractivity (Wildman–Crippen MR) is 62.4 cm³/mol. The zero-order valence-electron chi connectivity index (χ0n) is 9.12. The van der Waals surface area contributed by atoms with Crippen molar-refractivity contribution in [3.63, 3.8) is 0 Å². The number of hydrogen-bond donors (Lipinski definition) is 2. The normalized spacial score (nSPS) is 15.3. The van der Waals surface area contributed by atoms with Crippen LogP contribution in [0.2, 0.25) is 0 Å². The van der Waals surface area contributed by atoms with Gasteiger partial charge in [-0.3, -0.25) is 0 Å². The maximum Gasteiger partial charge on any atom is 0.0740 e. The number of hydrogen-bond acceptors (Lipinski definition) is 2. The zero-order chi connectivity index (χ0) is 11.0. The highest BCUT2D eigenvalue weighted by atomic mass is 16.5. The van der Waals surface area contributed by atoms with Crippen LogP contribution in [0.15, 0.2) is 18.2 Å². The number of aromatic nitrogens is 1. The van der Waals surface area contributed by atoms with Gasteiger partial charge in [0.2, 0.25) is 0 Å². The third-order valence-corrected chi connectivity index (χ3v) is 3.20. The average Bonchev–Trinajstić information content (AvgIpc) is 2.68. The van der Waals surface area contributed by atoms with Gasteiger partial charge in [-0.1, -0.05) is 6.07 Å². The van der Waals surface area contributed by atoms with E-state index in [9.17, 15) is 0 Å².